The highest BCUT2D eigenvalue weighted by molar-refractivity contribution is 7.51. The summed E-state index contributed by atoms with van der Waals surface area (Å²) < 4.78 is 6.08. The number of hydrogen-bond donors (Lipinski definition) is 1. The van der Waals surface area contributed by atoms with Crippen LogP contribution in [-0.2, 0) is 0 Å². The minimum absolute atomic E-state index is 0. The molecule has 1 rings (SSSR count). The summed E-state index contributed by atoms with van der Waals surface area (Å²) in [6, 6.07) is 9.06. The van der Waals surface area contributed by atoms with Crippen LogP contribution in [0.5, 0.6) is 5.75 Å². The Morgan fingerprint density at radius 3 is 1.95 bits per heavy atom. The van der Waals surface area contributed by atoms with Gasteiger partial charge in [-0.15, -0.1) is 5.20 Å². The highest BCUT2D eigenvalue weighted by Crippen LogP contribution is 2.40. The molecular formula is C12H24IN4O2P. The fraction of sp³-hybridized carbons (Fsp3) is 0.500. The molecular weight excluding hydrogens is 390 g/mol. The second-order valence-corrected chi connectivity index (χ2v) is 7.67. The van der Waals surface area contributed by atoms with Gasteiger partial charge in [-0.2, -0.15) is 0 Å². The average Bonchev–Trinajstić information content (AvgIpc) is 2.11. The van der Waals surface area contributed by atoms with Crippen LogP contribution in [0, 0.1) is 0 Å². The van der Waals surface area contributed by atoms with E-state index in [0.717, 1.165) is 0 Å². The number of para-hydroxylation sites is 1. The molecule has 0 heterocycles. The number of quaternary nitrogens is 2. The van der Waals surface area contributed by atoms with Crippen molar-refractivity contribution in [3.63, 3.8) is 0 Å². The van der Waals surface area contributed by atoms with E-state index in [0.29, 0.717) is 5.75 Å². The summed E-state index contributed by atoms with van der Waals surface area (Å²) in [4.78, 5) is 17.1. The second kappa shape index (κ2) is 7.20. The molecule has 0 bridgehead atoms. The Hall–Kier alpha value is -0.180. The van der Waals surface area contributed by atoms with E-state index in [9.17, 15) is 4.89 Å². The lowest BCUT2D eigenvalue weighted by molar-refractivity contribution is -0.906. The molecule has 0 radical (unpaired) electrons. The van der Waals surface area contributed by atoms with Crippen LogP contribution in [0.15, 0.2) is 35.2 Å². The Balaban J connectivity index is 0.00000361. The van der Waals surface area contributed by atoms with E-state index in [1.165, 1.54) is 0 Å². The van der Waals surface area contributed by atoms with Crippen molar-refractivity contribution < 1.29 is 42.6 Å². The maximum Gasteiger partial charge on any atom is 0.237 e. The fourth-order valence-corrected chi connectivity index (χ4v) is 3.40. The maximum absolute atomic E-state index is 12.9. The van der Waals surface area contributed by atoms with E-state index >= 15 is 0 Å². The van der Waals surface area contributed by atoms with Gasteiger partial charge >= 0.3 is 0 Å². The van der Waals surface area contributed by atoms with Gasteiger partial charge < -0.3 is 33.4 Å². The number of nitrogens with zero attached hydrogens (tertiary/aromatic N) is 3. The van der Waals surface area contributed by atoms with Crippen LogP contribution in [0.25, 0.3) is 0 Å². The summed E-state index contributed by atoms with van der Waals surface area (Å²) in [5.74, 6) is 0.531. The molecule has 1 aromatic rings. The smallest absolute Gasteiger partial charge is 0.237 e. The SMILES string of the molecule is C[N+](C)(C)N=P([O-])(N[N+](C)(C)C)Oc1ccccc1.[I-]. The molecule has 1 atom stereocenters. The predicted octanol–water partition coefficient (Wildman–Crippen LogP) is -1.79. The Bertz CT molecular complexity index is 469. The zero-order chi connectivity index (χ0) is 14.7. The van der Waals surface area contributed by atoms with Gasteiger partial charge in [-0.05, 0) is 12.1 Å². The van der Waals surface area contributed by atoms with Crippen LogP contribution < -0.4 is 38.6 Å². The number of hydrogen-bond acceptors (Lipinski definition) is 3. The fourth-order valence-electron chi connectivity index (χ4n) is 1.42. The summed E-state index contributed by atoms with van der Waals surface area (Å²) >= 11 is 0. The molecule has 0 saturated heterocycles. The maximum atomic E-state index is 12.9. The third-order valence-electron chi connectivity index (χ3n) is 1.78. The van der Waals surface area contributed by atoms with Crippen molar-refractivity contribution in [1.82, 2.24) is 5.20 Å². The van der Waals surface area contributed by atoms with Crippen molar-refractivity contribution in [2.24, 2.45) is 4.85 Å². The quantitative estimate of drug-likeness (QED) is 0.268. The molecule has 0 aromatic heterocycles. The molecule has 0 fully saturated rings. The first-order valence-corrected chi connectivity index (χ1v) is 7.59. The molecule has 0 aliphatic carbocycles. The van der Waals surface area contributed by atoms with E-state index in [-0.39, 0.29) is 33.2 Å². The lowest BCUT2D eigenvalue weighted by atomic mass is 10.3. The van der Waals surface area contributed by atoms with Gasteiger partial charge in [-0.1, -0.05) is 23.1 Å². The highest BCUT2D eigenvalue weighted by Gasteiger charge is 2.22. The van der Waals surface area contributed by atoms with Gasteiger partial charge in [0.1, 0.15) is 5.75 Å². The van der Waals surface area contributed by atoms with E-state index in [1.807, 2.05) is 60.5 Å². The molecule has 8 heteroatoms. The molecule has 0 amide bonds. The number of rotatable bonds is 5. The zero-order valence-corrected chi connectivity index (χ0v) is 15.9. The minimum Gasteiger partial charge on any atom is -1.00 e. The largest absolute Gasteiger partial charge is 1.00 e. The van der Waals surface area contributed by atoms with Gasteiger partial charge in [0.05, 0.1) is 42.3 Å². The number of nitrogens with one attached hydrogen (secondary N) is 1. The number of halogens is 1. The first kappa shape index (κ1) is 19.8. The molecule has 1 aromatic carbocycles. The Labute approximate surface area is 138 Å². The molecule has 0 aliphatic heterocycles. The van der Waals surface area contributed by atoms with Gasteiger partial charge in [-0.3, -0.25) is 0 Å². The Kier molecular flexibility index (Phi) is 7.13. The highest BCUT2D eigenvalue weighted by atomic mass is 127. The molecule has 0 spiro atoms. The van der Waals surface area contributed by atoms with E-state index in [2.05, 4.69) is 10.1 Å². The van der Waals surface area contributed by atoms with E-state index in [4.69, 9.17) is 4.52 Å². The molecule has 20 heavy (non-hydrogen) atoms. The van der Waals surface area contributed by atoms with Crippen LogP contribution in [0.2, 0.25) is 0 Å². The molecule has 6 nitrogen and oxygen atoms in total. The normalized spacial score (nSPS) is 14.9. The second-order valence-electron chi connectivity index (χ2n) is 6.07. The lowest BCUT2D eigenvalue weighted by Crippen LogP contribution is -3.00. The van der Waals surface area contributed by atoms with Crippen LogP contribution in [-0.4, -0.2) is 51.5 Å². The van der Waals surface area contributed by atoms with Gasteiger partial charge in [0.25, 0.3) is 0 Å². The Morgan fingerprint density at radius 2 is 1.55 bits per heavy atom. The van der Waals surface area contributed by atoms with Crippen molar-refractivity contribution in [3.8, 4) is 5.75 Å². The average molecular weight is 414 g/mol. The topological polar surface area (TPSA) is 56.7 Å². The summed E-state index contributed by atoms with van der Waals surface area (Å²) in [5.41, 5.74) is 0. The molecule has 1 unspecified atom stereocenters. The van der Waals surface area contributed by atoms with Crippen molar-refractivity contribution in [2.75, 3.05) is 42.3 Å². The van der Waals surface area contributed by atoms with Gasteiger partial charge in [0.2, 0.25) is 7.66 Å². The molecule has 0 saturated carbocycles. The van der Waals surface area contributed by atoms with Crippen LogP contribution in [0.3, 0.4) is 0 Å². The molecule has 1 N–H and O–H groups in total. The van der Waals surface area contributed by atoms with E-state index < -0.39 is 7.66 Å². The van der Waals surface area contributed by atoms with Crippen molar-refractivity contribution in [3.05, 3.63) is 30.3 Å². The third-order valence-corrected chi connectivity index (χ3v) is 3.87. The van der Waals surface area contributed by atoms with E-state index in [1.54, 1.807) is 12.1 Å². The molecule has 0 aliphatic rings. The zero-order valence-electron chi connectivity index (χ0n) is 12.9. The van der Waals surface area contributed by atoms with Gasteiger partial charge in [0.15, 0.2) is 0 Å². The summed E-state index contributed by atoms with van der Waals surface area (Å²) in [6.07, 6.45) is 0. The predicted molar refractivity (Wildman–Crippen MR) is 75.6 cm³/mol. The van der Waals surface area contributed by atoms with Crippen LogP contribution >= 0.6 is 7.66 Å². The van der Waals surface area contributed by atoms with Crippen LogP contribution in [0.1, 0.15) is 0 Å². The molecule has 116 valence electrons. The first-order chi connectivity index (χ1) is 8.49. The standard InChI is InChI=1S/C12H24N4O2P.HI/c1-15(2,3)13-19(17,14-16(4,5)6)18-12-10-8-7-9-11-12;/h7-11,13H,1-6H3;1H/q+1;/p-1. The van der Waals surface area contributed by atoms with Crippen molar-refractivity contribution in [1.29, 1.82) is 0 Å². The van der Waals surface area contributed by atoms with Gasteiger partial charge in [-0.25, -0.2) is 9.18 Å². The van der Waals surface area contributed by atoms with Crippen LogP contribution in [0.4, 0.5) is 0 Å². The summed E-state index contributed by atoms with van der Waals surface area (Å²) in [6.45, 7) is 0. The summed E-state index contributed by atoms with van der Waals surface area (Å²) in [5, 5.41) is 2.93. The third kappa shape index (κ3) is 8.18. The minimum atomic E-state index is -3.36. The van der Waals surface area contributed by atoms with Crippen molar-refractivity contribution >= 4 is 7.66 Å². The summed E-state index contributed by atoms with van der Waals surface area (Å²) in [7, 11) is 7.73. The first-order valence-electron chi connectivity index (χ1n) is 6.01. The monoisotopic (exact) mass is 414 g/mol. The van der Waals surface area contributed by atoms with Crippen molar-refractivity contribution in [2.45, 2.75) is 0 Å². The number of benzene rings is 1. The Morgan fingerprint density at radius 1 is 1.05 bits per heavy atom. The van der Waals surface area contributed by atoms with Gasteiger partial charge in [0, 0.05) is 0 Å². The lowest BCUT2D eigenvalue weighted by Gasteiger charge is -2.37.